The van der Waals surface area contributed by atoms with Crippen LogP contribution in [0, 0.1) is 17.0 Å². The molecule has 90 valence electrons. The summed E-state index contributed by atoms with van der Waals surface area (Å²) in [6.45, 7) is 4.22. The van der Waals surface area contributed by atoms with Gasteiger partial charge in [0, 0.05) is 11.4 Å². The van der Waals surface area contributed by atoms with E-state index in [0.29, 0.717) is 6.42 Å². The zero-order valence-corrected chi connectivity index (χ0v) is 11.3. The van der Waals surface area contributed by atoms with Gasteiger partial charge in [0.15, 0.2) is 0 Å². The lowest BCUT2D eigenvalue weighted by Crippen LogP contribution is -2.24. The number of benzene rings is 1. The monoisotopic (exact) mass is 290 g/mol. The average Bonchev–Trinajstić information content (AvgIpc) is 2.25. The molecule has 0 unspecified atom stereocenters. The molecule has 0 saturated carbocycles. The highest BCUT2D eigenvalue weighted by atomic mass is 79.9. The van der Waals surface area contributed by atoms with Gasteiger partial charge in [0.2, 0.25) is 0 Å². The van der Waals surface area contributed by atoms with Crippen LogP contribution in [0.4, 0.5) is 8.78 Å². The molecule has 1 aromatic rings. The fraction of sp³-hybridized carbons (Fsp3) is 0.538. The zero-order chi connectivity index (χ0) is 12.2. The summed E-state index contributed by atoms with van der Waals surface area (Å²) in [7, 11) is 0. The minimum atomic E-state index is -0.495. The average molecular weight is 291 g/mol. The van der Waals surface area contributed by atoms with E-state index in [1.165, 1.54) is 12.1 Å². The van der Waals surface area contributed by atoms with E-state index in [-0.39, 0.29) is 5.41 Å². The number of hydrogen-bond acceptors (Lipinski definition) is 0. The molecule has 0 bridgehead atoms. The van der Waals surface area contributed by atoms with Crippen molar-refractivity contribution in [1.29, 1.82) is 0 Å². The van der Waals surface area contributed by atoms with Gasteiger partial charge >= 0.3 is 0 Å². The first-order chi connectivity index (χ1) is 7.55. The van der Waals surface area contributed by atoms with Gasteiger partial charge in [0.05, 0.1) is 0 Å². The summed E-state index contributed by atoms with van der Waals surface area (Å²) in [5, 5.41) is 0.852. The maximum atomic E-state index is 13.1. The van der Waals surface area contributed by atoms with Crippen LogP contribution in [0.1, 0.15) is 32.3 Å². The second-order valence-electron chi connectivity index (χ2n) is 4.30. The molecule has 0 nitrogen and oxygen atoms in total. The molecule has 16 heavy (non-hydrogen) atoms. The summed E-state index contributed by atoms with van der Waals surface area (Å²) >= 11 is 3.50. The molecule has 0 heterocycles. The van der Waals surface area contributed by atoms with Crippen LogP contribution in [-0.4, -0.2) is 5.33 Å². The Hall–Kier alpha value is -0.440. The summed E-state index contributed by atoms with van der Waals surface area (Å²) in [5.74, 6) is -0.989. The van der Waals surface area contributed by atoms with Gasteiger partial charge in [-0.15, -0.1) is 0 Å². The van der Waals surface area contributed by atoms with Crippen LogP contribution in [0.2, 0.25) is 0 Å². The fourth-order valence-electron chi connectivity index (χ4n) is 1.88. The van der Waals surface area contributed by atoms with E-state index in [1.807, 2.05) is 0 Å². The highest BCUT2D eigenvalue weighted by Gasteiger charge is 2.25. The van der Waals surface area contributed by atoms with Crippen molar-refractivity contribution in [2.75, 3.05) is 5.33 Å². The maximum Gasteiger partial charge on any atom is 0.126 e. The molecule has 0 aliphatic heterocycles. The summed E-state index contributed by atoms with van der Waals surface area (Å²) in [6.07, 6.45) is 2.69. The Labute approximate surface area is 104 Å². The van der Waals surface area contributed by atoms with Crippen LogP contribution in [0.15, 0.2) is 18.2 Å². The van der Waals surface area contributed by atoms with E-state index in [4.69, 9.17) is 0 Å². The minimum Gasteiger partial charge on any atom is -0.207 e. The first kappa shape index (κ1) is 13.6. The molecule has 3 heteroatoms. The van der Waals surface area contributed by atoms with Crippen LogP contribution >= 0.6 is 15.9 Å². The highest BCUT2D eigenvalue weighted by molar-refractivity contribution is 9.09. The van der Waals surface area contributed by atoms with Crippen molar-refractivity contribution < 1.29 is 8.78 Å². The molecule has 0 amide bonds. The van der Waals surface area contributed by atoms with Gasteiger partial charge in [-0.2, -0.15) is 0 Å². The van der Waals surface area contributed by atoms with E-state index in [2.05, 4.69) is 29.8 Å². The van der Waals surface area contributed by atoms with E-state index < -0.39 is 11.6 Å². The van der Waals surface area contributed by atoms with Crippen LogP contribution < -0.4 is 0 Å². The van der Waals surface area contributed by atoms with Gasteiger partial charge in [-0.25, -0.2) is 8.78 Å². The number of rotatable bonds is 5. The van der Waals surface area contributed by atoms with Crippen molar-refractivity contribution in [2.45, 2.75) is 33.1 Å². The summed E-state index contributed by atoms with van der Waals surface area (Å²) in [6, 6.07) is 3.76. The largest absolute Gasteiger partial charge is 0.207 e. The lowest BCUT2D eigenvalue weighted by atomic mass is 9.79. The van der Waals surface area contributed by atoms with Crippen molar-refractivity contribution in [1.82, 2.24) is 0 Å². The first-order valence-electron chi connectivity index (χ1n) is 5.56. The van der Waals surface area contributed by atoms with Gasteiger partial charge in [0.1, 0.15) is 11.6 Å². The Balaban J connectivity index is 2.93. The fourth-order valence-corrected chi connectivity index (χ4v) is 2.87. The van der Waals surface area contributed by atoms with E-state index in [1.54, 1.807) is 0 Å². The van der Waals surface area contributed by atoms with Crippen molar-refractivity contribution in [3.05, 3.63) is 35.4 Å². The lowest BCUT2D eigenvalue weighted by Gasteiger charge is -2.29. The molecule has 0 aliphatic rings. The summed E-state index contributed by atoms with van der Waals surface area (Å²) in [5.41, 5.74) is 0.834. The van der Waals surface area contributed by atoms with Crippen LogP contribution in [-0.2, 0) is 6.42 Å². The summed E-state index contributed by atoms with van der Waals surface area (Å²) in [4.78, 5) is 0. The molecule has 0 fully saturated rings. The quantitative estimate of drug-likeness (QED) is 0.689. The molecular weight excluding hydrogens is 274 g/mol. The summed E-state index contributed by atoms with van der Waals surface area (Å²) < 4.78 is 26.1. The van der Waals surface area contributed by atoms with Crippen molar-refractivity contribution in [3.63, 3.8) is 0 Å². The third kappa shape index (κ3) is 3.27. The molecule has 0 atom stereocenters. The lowest BCUT2D eigenvalue weighted by molar-refractivity contribution is 0.306. The normalized spacial score (nSPS) is 11.8. The molecule has 0 aromatic heterocycles. The van der Waals surface area contributed by atoms with Crippen molar-refractivity contribution in [3.8, 4) is 0 Å². The second kappa shape index (κ2) is 5.76. The zero-order valence-electron chi connectivity index (χ0n) is 9.69. The maximum absolute atomic E-state index is 13.1. The molecule has 0 saturated heterocycles. The number of hydrogen-bond donors (Lipinski definition) is 0. The standard InChI is InChI=1S/C13H17BrF2/c1-3-13(4-2,9-14)8-10-5-11(15)7-12(16)6-10/h5-7H,3-4,8-9H2,1-2H3. The van der Waals surface area contributed by atoms with Gasteiger partial charge in [-0.1, -0.05) is 29.8 Å². The second-order valence-corrected chi connectivity index (χ2v) is 4.86. The Morgan fingerprint density at radius 3 is 1.94 bits per heavy atom. The Morgan fingerprint density at radius 2 is 1.56 bits per heavy atom. The molecule has 0 aliphatic carbocycles. The molecular formula is C13H17BrF2. The van der Waals surface area contributed by atoms with Crippen LogP contribution in [0.3, 0.4) is 0 Å². The Morgan fingerprint density at radius 1 is 1.06 bits per heavy atom. The van der Waals surface area contributed by atoms with Crippen LogP contribution in [0.25, 0.3) is 0 Å². The van der Waals surface area contributed by atoms with E-state index in [9.17, 15) is 8.78 Å². The van der Waals surface area contributed by atoms with Gasteiger partial charge in [-0.3, -0.25) is 0 Å². The third-order valence-electron chi connectivity index (χ3n) is 3.28. The van der Waals surface area contributed by atoms with Gasteiger partial charge < -0.3 is 0 Å². The number of halogens is 3. The minimum absolute atomic E-state index is 0.0975. The SMILES string of the molecule is CCC(CC)(CBr)Cc1cc(F)cc(F)c1. The highest BCUT2D eigenvalue weighted by Crippen LogP contribution is 2.33. The third-order valence-corrected chi connectivity index (χ3v) is 4.47. The van der Waals surface area contributed by atoms with E-state index in [0.717, 1.165) is 29.8 Å². The predicted molar refractivity (Wildman–Crippen MR) is 66.9 cm³/mol. The molecule has 0 spiro atoms. The molecule has 0 radical (unpaired) electrons. The predicted octanol–water partition coefficient (Wildman–Crippen LogP) is 4.71. The smallest absolute Gasteiger partial charge is 0.126 e. The van der Waals surface area contributed by atoms with Crippen molar-refractivity contribution in [2.24, 2.45) is 5.41 Å². The topological polar surface area (TPSA) is 0 Å². The Kier molecular flexibility index (Phi) is 4.90. The Bertz CT molecular complexity index is 317. The van der Waals surface area contributed by atoms with Crippen LogP contribution in [0.5, 0.6) is 0 Å². The van der Waals surface area contributed by atoms with Gasteiger partial charge in [-0.05, 0) is 42.4 Å². The first-order valence-corrected chi connectivity index (χ1v) is 6.68. The van der Waals surface area contributed by atoms with Crippen molar-refractivity contribution >= 4 is 15.9 Å². The van der Waals surface area contributed by atoms with E-state index >= 15 is 0 Å². The van der Waals surface area contributed by atoms with Gasteiger partial charge in [0.25, 0.3) is 0 Å². The molecule has 0 N–H and O–H groups in total. The molecule has 1 aromatic carbocycles. The molecule has 1 rings (SSSR count). The number of alkyl halides is 1.